The van der Waals surface area contributed by atoms with Crippen LogP contribution in [0.3, 0.4) is 0 Å². The van der Waals surface area contributed by atoms with Crippen LogP contribution in [0.25, 0.3) is 0 Å². The topological polar surface area (TPSA) is 55.4 Å². The van der Waals surface area contributed by atoms with Crippen LogP contribution in [0.1, 0.15) is 33.1 Å². The van der Waals surface area contributed by atoms with E-state index in [0.29, 0.717) is 19.3 Å². The number of allylic oxidation sites excluding steroid dienone is 1. The van der Waals surface area contributed by atoms with Crippen LogP contribution in [-0.4, -0.2) is 25.0 Å². The second kappa shape index (κ2) is 7.91. The first kappa shape index (κ1) is 14.7. The molecule has 0 aromatic rings. The summed E-state index contributed by atoms with van der Waals surface area (Å²) in [6, 6.07) is -0.561. The van der Waals surface area contributed by atoms with Crippen molar-refractivity contribution in [3.63, 3.8) is 0 Å². The van der Waals surface area contributed by atoms with Crippen LogP contribution in [0.2, 0.25) is 0 Å². The van der Waals surface area contributed by atoms with E-state index >= 15 is 0 Å². The molecule has 0 bridgehead atoms. The predicted molar refractivity (Wildman–Crippen MR) is 62.8 cm³/mol. The van der Waals surface area contributed by atoms with Crippen LogP contribution in [0, 0.1) is 5.92 Å². The minimum atomic E-state index is -0.561. The lowest BCUT2D eigenvalue weighted by Gasteiger charge is -2.16. The fourth-order valence-electron chi connectivity index (χ4n) is 1.30. The largest absolute Gasteiger partial charge is 0.467 e. The third-order valence-corrected chi connectivity index (χ3v) is 2.07. The van der Waals surface area contributed by atoms with Crippen LogP contribution in [-0.2, 0) is 14.3 Å². The predicted octanol–water partition coefficient (Wildman–Crippen LogP) is 1.66. The Morgan fingerprint density at radius 3 is 2.50 bits per heavy atom. The van der Waals surface area contributed by atoms with Gasteiger partial charge in [-0.25, -0.2) is 4.79 Å². The summed E-state index contributed by atoms with van der Waals surface area (Å²) < 4.78 is 4.63. The lowest BCUT2D eigenvalue weighted by atomic mass is 10.1. The van der Waals surface area contributed by atoms with Crippen molar-refractivity contribution in [1.29, 1.82) is 0 Å². The lowest BCUT2D eigenvalue weighted by molar-refractivity contribution is -0.145. The number of carbonyl (C=O) groups excluding carboxylic acids is 2. The quantitative estimate of drug-likeness (QED) is 0.531. The number of nitrogens with one attached hydrogen (secondary N) is 1. The first-order valence-electron chi connectivity index (χ1n) is 5.49. The van der Waals surface area contributed by atoms with Gasteiger partial charge in [0.25, 0.3) is 0 Å². The molecule has 0 aromatic heterocycles. The zero-order chi connectivity index (χ0) is 12.6. The van der Waals surface area contributed by atoms with E-state index in [-0.39, 0.29) is 11.8 Å². The van der Waals surface area contributed by atoms with E-state index in [1.54, 1.807) is 6.08 Å². The van der Waals surface area contributed by atoms with Gasteiger partial charge in [0.15, 0.2) is 0 Å². The minimum Gasteiger partial charge on any atom is -0.467 e. The average Bonchev–Trinajstić information content (AvgIpc) is 2.21. The van der Waals surface area contributed by atoms with Gasteiger partial charge in [-0.3, -0.25) is 4.79 Å². The number of methoxy groups -OCH3 is 1. The highest BCUT2D eigenvalue weighted by atomic mass is 16.5. The number of rotatable bonds is 7. The average molecular weight is 227 g/mol. The summed E-state index contributed by atoms with van der Waals surface area (Å²) in [5.41, 5.74) is 0. The smallest absolute Gasteiger partial charge is 0.328 e. The van der Waals surface area contributed by atoms with Crippen molar-refractivity contribution in [2.45, 2.75) is 39.2 Å². The maximum Gasteiger partial charge on any atom is 0.328 e. The molecule has 0 spiro atoms. The van der Waals surface area contributed by atoms with Crippen LogP contribution in [0.15, 0.2) is 12.7 Å². The molecule has 1 N–H and O–H groups in total. The normalized spacial score (nSPS) is 12.0. The molecule has 0 saturated heterocycles. The number of esters is 1. The van der Waals surface area contributed by atoms with Gasteiger partial charge < -0.3 is 10.1 Å². The molecule has 0 aliphatic heterocycles. The van der Waals surface area contributed by atoms with E-state index < -0.39 is 12.0 Å². The van der Waals surface area contributed by atoms with Gasteiger partial charge in [-0.2, -0.15) is 0 Å². The molecule has 0 aromatic carbocycles. The van der Waals surface area contributed by atoms with Crippen LogP contribution in [0.5, 0.6) is 0 Å². The Hall–Kier alpha value is -1.32. The Labute approximate surface area is 97.1 Å². The second-order valence-electron chi connectivity index (χ2n) is 4.11. The molecular formula is C12H21NO3. The van der Waals surface area contributed by atoms with Gasteiger partial charge in [0.05, 0.1) is 7.11 Å². The third-order valence-electron chi connectivity index (χ3n) is 2.07. The molecule has 4 nitrogen and oxygen atoms in total. The lowest BCUT2D eigenvalue weighted by Crippen LogP contribution is -2.41. The minimum absolute atomic E-state index is 0.116. The highest BCUT2D eigenvalue weighted by Gasteiger charge is 2.20. The molecule has 0 saturated carbocycles. The Morgan fingerprint density at radius 2 is 2.06 bits per heavy atom. The number of hydrogen-bond acceptors (Lipinski definition) is 3. The van der Waals surface area contributed by atoms with Crippen molar-refractivity contribution < 1.29 is 14.3 Å². The summed E-state index contributed by atoms with van der Waals surface area (Å²) in [4.78, 5) is 22.9. The fourth-order valence-corrected chi connectivity index (χ4v) is 1.30. The van der Waals surface area contributed by atoms with Gasteiger partial charge in [-0.1, -0.05) is 19.9 Å². The third kappa shape index (κ3) is 6.22. The first-order valence-corrected chi connectivity index (χ1v) is 5.49. The molecular weight excluding hydrogens is 206 g/mol. The van der Waals surface area contributed by atoms with Gasteiger partial charge in [0.2, 0.25) is 5.91 Å². The van der Waals surface area contributed by atoms with E-state index in [2.05, 4.69) is 16.6 Å². The highest BCUT2D eigenvalue weighted by Crippen LogP contribution is 2.03. The molecule has 0 fully saturated rings. The van der Waals surface area contributed by atoms with E-state index in [1.807, 2.05) is 13.8 Å². The summed E-state index contributed by atoms with van der Waals surface area (Å²) in [6.07, 6.45) is 3.33. The van der Waals surface area contributed by atoms with E-state index in [0.717, 1.165) is 0 Å². The molecule has 0 unspecified atom stereocenters. The van der Waals surface area contributed by atoms with Crippen molar-refractivity contribution in [1.82, 2.24) is 5.32 Å². The monoisotopic (exact) mass is 227 g/mol. The van der Waals surface area contributed by atoms with E-state index in [1.165, 1.54) is 7.11 Å². The first-order chi connectivity index (χ1) is 7.51. The van der Waals surface area contributed by atoms with Gasteiger partial charge in [0.1, 0.15) is 6.04 Å². The maximum atomic E-state index is 11.5. The summed E-state index contributed by atoms with van der Waals surface area (Å²) in [7, 11) is 1.32. The van der Waals surface area contributed by atoms with Crippen molar-refractivity contribution in [3.05, 3.63) is 12.7 Å². The molecule has 0 radical (unpaired) electrons. The summed E-state index contributed by atoms with van der Waals surface area (Å²) in [5.74, 6) is -0.244. The van der Waals surface area contributed by atoms with Gasteiger partial charge in [0, 0.05) is 6.42 Å². The second-order valence-corrected chi connectivity index (χ2v) is 4.11. The molecule has 0 heterocycles. The number of amides is 1. The number of carbonyl (C=O) groups is 2. The Kier molecular flexibility index (Phi) is 7.25. The Morgan fingerprint density at radius 1 is 1.44 bits per heavy atom. The van der Waals surface area contributed by atoms with Gasteiger partial charge >= 0.3 is 5.97 Å². The standard InChI is InChI=1S/C12H21NO3/c1-5-6-7-10(12(15)16-4)13-11(14)8-9(2)3/h5,9-10H,1,6-8H2,2-4H3,(H,13,14)/t10-/m1/s1. The van der Waals surface area contributed by atoms with Crippen LogP contribution < -0.4 is 5.32 Å². The molecule has 0 aliphatic rings. The van der Waals surface area contributed by atoms with Gasteiger partial charge in [-0.05, 0) is 18.8 Å². The molecule has 0 rings (SSSR count). The number of hydrogen-bond donors (Lipinski definition) is 1. The van der Waals surface area contributed by atoms with Crippen LogP contribution in [0.4, 0.5) is 0 Å². The van der Waals surface area contributed by atoms with E-state index in [4.69, 9.17) is 0 Å². The highest BCUT2D eigenvalue weighted by molar-refractivity contribution is 5.84. The SMILES string of the molecule is C=CCC[C@@H](NC(=O)CC(C)C)C(=O)OC. The molecule has 1 atom stereocenters. The zero-order valence-corrected chi connectivity index (χ0v) is 10.3. The summed E-state index contributed by atoms with van der Waals surface area (Å²) in [6.45, 7) is 7.49. The zero-order valence-electron chi connectivity index (χ0n) is 10.3. The molecule has 4 heteroatoms. The van der Waals surface area contributed by atoms with Crippen LogP contribution >= 0.6 is 0 Å². The summed E-state index contributed by atoms with van der Waals surface area (Å²) in [5, 5.41) is 2.67. The molecule has 92 valence electrons. The fraction of sp³-hybridized carbons (Fsp3) is 0.667. The Bertz CT molecular complexity index is 249. The Balaban J connectivity index is 4.24. The van der Waals surface area contributed by atoms with Crippen molar-refractivity contribution >= 4 is 11.9 Å². The van der Waals surface area contributed by atoms with Crippen molar-refractivity contribution in [3.8, 4) is 0 Å². The van der Waals surface area contributed by atoms with Crippen molar-refractivity contribution in [2.24, 2.45) is 5.92 Å². The molecule has 16 heavy (non-hydrogen) atoms. The number of ether oxygens (including phenoxy) is 1. The van der Waals surface area contributed by atoms with Crippen molar-refractivity contribution in [2.75, 3.05) is 7.11 Å². The molecule has 1 amide bonds. The van der Waals surface area contributed by atoms with E-state index in [9.17, 15) is 9.59 Å². The molecule has 0 aliphatic carbocycles. The maximum absolute atomic E-state index is 11.5. The summed E-state index contributed by atoms with van der Waals surface area (Å²) >= 11 is 0. The van der Waals surface area contributed by atoms with Gasteiger partial charge in [-0.15, -0.1) is 6.58 Å².